The van der Waals surface area contributed by atoms with Crippen LogP contribution in [0.5, 0.6) is 0 Å². The third-order valence-corrected chi connectivity index (χ3v) is 2.81. The number of ether oxygens (including phenoxy) is 1. The van der Waals surface area contributed by atoms with E-state index in [1.165, 1.54) is 0 Å². The average Bonchev–Trinajstić information content (AvgIpc) is 2.78. The second-order valence-electron chi connectivity index (χ2n) is 4.25. The second-order valence-corrected chi connectivity index (χ2v) is 4.25. The van der Waals surface area contributed by atoms with Crippen molar-refractivity contribution in [2.45, 2.75) is 19.5 Å². The standard InChI is InChI=1S/C11H12F3N3O3/c1-2-20-9(18)3-6-5-15-8-4-7(11(12,13)14)16-17(8)10(6)19/h4,6,15H,2-3,5H2,1H3. The van der Waals surface area contributed by atoms with Gasteiger partial charge in [0.2, 0.25) is 0 Å². The first-order valence-corrected chi connectivity index (χ1v) is 5.94. The maximum absolute atomic E-state index is 12.5. The molecule has 2 rings (SSSR count). The van der Waals surface area contributed by atoms with Gasteiger partial charge in [-0.2, -0.15) is 23.0 Å². The molecule has 0 saturated carbocycles. The zero-order chi connectivity index (χ0) is 14.9. The van der Waals surface area contributed by atoms with Crippen LogP contribution >= 0.6 is 0 Å². The third-order valence-electron chi connectivity index (χ3n) is 2.81. The molecule has 0 saturated heterocycles. The molecule has 1 aromatic rings. The Morgan fingerprint density at radius 2 is 2.30 bits per heavy atom. The fourth-order valence-electron chi connectivity index (χ4n) is 1.88. The second kappa shape index (κ2) is 5.14. The number of anilines is 1. The van der Waals surface area contributed by atoms with Crippen molar-refractivity contribution in [3.63, 3.8) is 0 Å². The molecular formula is C11H12F3N3O3. The highest BCUT2D eigenvalue weighted by Gasteiger charge is 2.38. The lowest BCUT2D eigenvalue weighted by molar-refractivity contribution is -0.144. The van der Waals surface area contributed by atoms with Gasteiger partial charge in [0.25, 0.3) is 5.91 Å². The van der Waals surface area contributed by atoms with Gasteiger partial charge in [0.1, 0.15) is 5.82 Å². The molecule has 0 spiro atoms. The lowest BCUT2D eigenvalue weighted by Crippen LogP contribution is -2.36. The number of nitrogens with zero attached hydrogens (tertiary/aromatic N) is 2. The van der Waals surface area contributed by atoms with Gasteiger partial charge in [-0.1, -0.05) is 0 Å². The normalized spacial score (nSPS) is 18.4. The van der Waals surface area contributed by atoms with E-state index in [0.717, 1.165) is 6.07 Å². The highest BCUT2D eigenvalue weighted by molar-refractivity contribution is 5.89. The smallest absolute Gasteiger partial charge is 0.435 e. The average molecular weight is 291 g/mol. The molecular weight excluding hydrogens is 279 g/mol. The van der Waals surface area contributed by atoms with Gasteiger partial charge in [-0.05, 0) is 6.92 Å². The molecule has 0 aromatic carbocycles. The van der Waals surface area contributed by atoms with Crippen LogP contribution in [0, 0.1) is 5.92 Å². The predicted octanol–water partition coefficient (Wildman–Crippen LogP) is 1.54. The quantitative estimate of drug-likeness (QED) is 0.855. The fourth-order valence-corrected chi connectivity index (χ4v) is 1.88. The molecule has 1 N–H and O–H groups in total. The zero-order valence-corrected chi connectivity index (χ0v) is 10.5. The Morgan fingerprint density at radius 3 is 2.90 bits per heavy atom. The minimum Gasteiger partial charge on any atom is -0.466 e. The molecule has 0 bridgehead atoms. The van der Waals surface area contributed by atoms with Crippen LogP contribution in [-0.2, 0) is 15.7 Å². The largest absolute Gasteiger partial charge is 0.466 e. The molecule has 0 fully saturated rings. The summed E-state index contributed by atoms with van der Waals surface area (Å²) in [5.74, 6) is -2.04. The van der Waals surface area contributed by atoms with Crippen molar-refractivity contribution in [2.75, 3.05) is 18.5 Å². The SMILES string of the molecule is CCOC(=O)CC1CNc2cc(C(F)(F)F)nn2C1=O. The molecule has 0 amide bonds. The number of esters is 1. The highest BCUT2D eigenvalue weighted by Crippen LogP contribution is 2.31. The summed E-state index contributed by atoms with van der Waals surface area (Å²) >= 11 is 0. The van der Waals surface area contributed by atoms with Gasteiger partial charge in [-0.25, -0.2) is 0 Å². The van der Waals surface area contributed by atoms with Crippen molar-refractivity contribution in [3.05, 3.63) is 11.8 Å². The number of carbonyl (C=O) groups excluding carboxylic acids is 2. The molecule has 0 aliphatic carbocycles. The predicted molar refractivity (Wildman–Crippen MR) is 61.1 cm³/mol. The number of nitrogens with one attached hydrogen (secondary N) is 1. The van der Waals surface area contributed by atoms with Crippen molar-refractivity contribution < 1.29 is 27.5 Å². The monoisotopic (exact) mass is 291 g/mol. The Bertz CT molecular complexity index is 539. The van der Waals surface area contributed by atoms with Crippen LogP contribution in [-0.4, -0.2) is 34.8 Å². The van der Waals surface area contributed by atoms with Crippen LogP contribution in [0.3, 0.4) is 0 Å². The Morgan fingerprint density at radius 1 is 1.60 bits per heavy atom. The van der Waals surface area contributed by atoms with Crippen molar-refractivity contribution in [1.29, 1.82) is 0 Å². The maximum Gasteiger partial charge on any atom is 0.435 e. The number of aromatic nitrogens is 2. The number of halogens is 3. The summed E-state index contributed by atoms with van der Waals surface area (Å²) in [6.07, 6.45) is -4.82. The molecule has 0 radical (unpaired) electrons. The number of hydrogen-bond acceptors (Lipinski definition) is 5. The first-order chi connectivity index (χ1) is 9.32. The van der Waals surface area contributed by atoms with Crippen molar-refractivity contribution in [3.8, 4) is 0 Å². The van der Waals surface area contributed by atoms with E-state index >= 15 is 0 Å². The van der Waals surface area contributed by atoms with E-state index in [0.29, 0.717) is 4.68 Å². The number of fused-ring (bicyclic) bond motifs is 1. The van der Waals surface area contributed by atoms with Gasteiger partial charge in [-0.15, -0.1) is 0 Å². The summed E-state index contributed by atoms with van der Waals surface area (Å²) in [7, 11) is 0. The van der Waals surface area contributed by atoms with E-state index in [1.807, 2.05) is 0 Å². The summed E-state index contributed by atoms with van der Waals surface area (Å²) in [5.41, 5.74) is -1.15. The van der Waals surface area contributed by atoms with E-state index in [4.69, 9.17) is 4.74 Å². The molecule has 1 aromatic heterocycles. The fraction of sp³-hybridized carbons (Fsp3) is 0.545. The van der Waals surface area contributed by atoms with E-state index in [-0.39, 0.29) is 25.4 Å². The van der Waals surface area contributed by atoms with Gasteiger partial charge >= 0.3 is 12.1 Å². The van der Waals surface area contributed by atoms with Crippen molar-refractivity contribution in [1.82, 2.24) is 9.78 Å². The molecule has 1 aliphatic rings. The minimum absolute atomic E-state index is 0.0255. The van der Waals surface area contributed by atoms with Crippen molar-refractivity contribution in [2.24, 2.45) is 5.92 Å². The lowest BCUT2D eigenvalue weighted by atomic mass is 10.0. The lowest BCUT2D eigenvalue weighted by Gasteiger charge is -2.22. The molecule has 110 valence electrons. The molecule has 2 heterocycles. The van der Waals surface area contributed by atoms with Crippen LogP contribution in [0.25, 0.3) is 0 Å². The van der Waals surface area contributed by atoms with Crippen LogP contribution in [0.1, 0.15) is 23.8 Å². The van der Waals surface area contributed by atoms with Crippen LogP contribution in [0.15, 0.2) is 6.07 Å². The molecule has 1 atom stereocenters. The first kappa shape index (κ1) is 14.4. The summed E-state index contributed by atoms with van der Waals surface area (Å²) in [5, 5.41) is 5.89. The van der Waals surface area contributed by atoms with Gasteiger partial charge in [0, 0.05) is 12.6 Å². The molecule has 1 aliphatic heterocycles. The Hall–Kier alpha value is -2.06. The van der Waals surface area contributed by atoms with E-state index < -0.39 is 29.7 Å². The molecule has 9 heteroatoms. The van der Waals surface area contributed by atoms with E-state index in [2.05, 4.69) is 10.4 Å². The third kappa shape index (κ3) is 2.75. The summed E-state index contributed by atoms with van der Waals surface area (Å²) < 4.78 is 42.9. The van der Waals surface area contributed by atoms with Gasteiger partial charge < -0.3 is 10.1 Å². The van der Waals surface area contributed by atoms with Crippen molar-refractivity contribution >= 4 is 17.7 Å². The highest BCUT2D eigenvalue weighted by atomic mass is 19.4. The van der Waals surface area contributed by atoms with Crippen LogP contribution in [0.4, 0.5) is 19.0 Å². The van der Waals surface area contributed by atoms with E-state index in [9.17, 15) is 22.8 Å². The summed E-state index contributed by atoms with van der Waals surface area (Å²) in [4.78, 5) is 23.3. The minimum atomic E-state index is -4.62. The number of hydrogen-bond donors (Lipinski definition) is 1. The Labute approximate surface area is 111 Å². The molecule has 1 unspecified atom stereocenters. The van der Waals surface area contributed by atoms with Gasteiger partial charge in [0.15, 0.2) is 5.69 Å². The molecule has 6 nitrogen and oxygen atoms in total. The van der Waals surface area contributed by atoms with Crippen LogP contribution in [0.2, 0.25) is 0 Å². The van der Waals surface area contributed by atoms with E-state index in [1.54, 1.807) is 6.92 Å². The first-order valence-electron chi connectivity index (χ1n) is 5.94. The Balaban J connectivity index is 2.17. The van der Waals surface area contributed by atoms with Gasteiger partial charge in [-0.3, -0.25) is 9.59 Å². The topological polar surface area (TPSA) is 73.2 Å². The van der Waals surface area contributed by atoms with Gasteiger partial charge in [0.05, 0.1) is 18.9 Å². The summed E-state index contributed by atoms with van der Waals surface area (Å²) in [6, 6.07) is 0.762. The maximum atomic E-state index is 12.5. The Kier molecular flexibility index (Phi) is 3.69. The number of alkyl halides is 3. The zero-order valence-electron chi connectivity index (χ0n) is 10.5. The summed E-state index contributed by atoms with van der Waals surface area (Å²) in [6.45, 7) is 1.87. The number of rotatable bonds is 3. The number of carbonyl (C=O) groups is 2. The molecule has 20 heavy (non-hydrogen) atoms. The van der Waals surface area contributed by atoms with Crippen LogP contribution < -0.4 is 5.32 Å².